The number of carboxylic acid groups (broad SMARTS) is 1. The molecule has 0 aromatic heterocycles. The molecule has 1 aliphatic heterocycles. The van der Waals surface area contributed by atoms with Crippen molar-refractivity contribution in [3.63, 3.8) is 0 Å². The van der Waals surface area contributed by atoms with E-state index in [1.54, 1.807) is 0 Å². The minimum atomic E-state index is -0.730. The maximum Gasteiger partial charge on any atom is 0.304 e. The second kappa shape index (κ2) is 4.58. The number of carboxylic acids is 1. The van der Waals surface area contributed by atoms with Crippen LogP contribution in [0.3, 0.4) is 0 Å². The van der Waals surface area contributed by atoms with E-state index in [0.29, 0.717) is 6.61 Å². The molecule has 1 rings (SSSR count). The minimum Gasteiger partial charge on any atom is -0.481 e. The van der Waals surface area contributed by atoms with Crippen molar-refractivity contribution in [1.29, 1.82) is 0 Å². The fourth-order valence-electron chi connectivity index (χ4n) is 1.63. The van der Waals surface area contributed by atoms with E-state index in [9.17, 15) is 4.79 Å². The Labute approximate surface area is 78.5 Å². The molecular formula is C9H17NO3. The second-order valence-electron chi connectivity index (χ2n) is 3.62. The third kappa shape index (κ3) is 3.32. The summed E-state index contributed by atoms with van der Waals surface area (Å²) in [6.07, 6.45) is 0.442. The molecule has 1 N–H and O–H groups in total. The van der Waals surface area contributed by atoms with E-state index >= 15 is 0 Å². The Hall–Kier alpha value is -0.610. The Morgan fingerprint density at radius 3 is 3.00 bits per heavy atom. The van der Waals surface area contributed by atoms with Crippen LogP contribution < -0.4 is 0 Å². The molecule has 0 amide bonds. The summed E-state index contributed by atoms with van der Waals surface area (Å²) in [6.45, 7) is 6.37. The quantitative estimate of drug-likeness (QED) is 0.701. The number of aliphatic carboxylic acids is 1. The van der Waals surface area contributed by atoms with Gasteiger partial charge in [-0.2, -0.15) is 0 Å². The number of carbonyl (C=O) groups is 1. The van der Waals surface area contributed by atoms with Crippen molar-refractivity contribution in [2.75, 3.05) is 19.7 Å². The summed E-state index contributed by atoms with van der Waals surface area (Å²) in [4.78, 5) is 12.6. The monoisotopic (exact) mass is 187 g/mol. The molecule has 0 bridgehead atoms. The van der Waals surface area contributed by atoms with Crippen LogP contribution in [0.15, 0.2) is 0 Å². The Bertz CT molecular complexity index is 184. The second-order valence-corrected chi connectivity index (χ2v) is 3.62. The predicted molar refractivity (Wildman–Crippen MR) is 48.7 cm³/mol. The number of rotatable bonds is 3. The normalized spacial score (nSPS) is 27.1. The van der Waals surface area contributed by atoms with Crippen LogP contribution in [0, 0.1) is 0 Å². The number of hydrogen-bond donors (Lipinski definition) is 1. The van der Waals surface area contributed by atoms with Crippen molar-refractivity contribution < 1.29 is 14.6 Å². The van der Waals surface area contributed by atoms with Gasteiger partial charge in [0.25, 0.3) is 0 Å². The average Bonchev–Trinajstić information content (AvgIpc) is 2.03. The molecule has 2 atom stereocenters. The van der Waals surface area contributed by atoms with E-state index < -0.39 is 5.97 Å². The third-order valence-corrected chi connectivity index (χ3v) is 2.37. The van der Waals surface area contributed by atoms with Crippen LogP contribution in [0.4, 0.5) is 0 Å². The summed E-state index contributed by atoms with van der Waals surface area (Å²) >= 11 is 0. The molecule has 2 unspecified atom stereocenters. The molecule has 4 heteroatoms. The molecule has 0 aliphatic carbocycles. The van der Waals surface area contributed by atoms with Crippen molar-refractivity contribution in [2.45, 2.75) is 32.4 Å². The van der Waals surface area contributed by atoms with E-state index in [0.717, 1.165) is 13.1 Å². The lowest BCUT2D eigenvalue weighted by Gasteiger charge is -2.34. The molecule has 0 saturated carbocycles. The zero-order valence-corrected chi connectivity index (χ0v) is 8.19. The van der Waals surface area contributed by atoms with Crippen LogP contribution in [-0.2, 0) is 9.53 Å². The summed E-state index contributed by atoms with van der Waals surface area (Å²) in [7, 11) is 0. The molecule has 0 spiro atoms. The Balaban J connectivity index is 2.36. The molecule has 0 aromatic rings. The van der Waals surface area contributed by atoms with Gasteiger partial charge in [0.15, 0.2) is 0 Å². The lowest BCUT2D eigenvalue weighted by Crippen LogP contribution is -2.46. The first kappa shape index (κ1) is 10.5. The number of morpholine rings is 1. The largest absolute Gasteiger partial charge is 0.481 e. The molecule has 0 aromatic carbocycles. The SMILES string of the molecule is CC1CN(C(C)CC(=O)O)CCO1. The topological polar surface area (TPSA) is 49.8 Å². The summed E-state index contributed by atoms with van der Waals surface area (Å²) in [5.74, 6) is -0.730. The standard InChI is InChI=1S/C9H17NO3/c1-7(5-9(11)12)10-3-4-13-8(2)6-10/h7-8H,3-6H2,1-2H3,(H,11,12). The van der Waals surface area contributed by atoms with Gasteiger partial charge in [-0.1, -0.05) is 0 Å². The molecule has 1 saturated heterocycles. The van der Waals surface area contributed by atoms with E-state index in [1.165, 1.54) is 0 Å². The van der Waals surface area contributed by atoms with Gasteiger partial charge in [-0.05, 0) is 13.8 Å². The molecule has 0 radical (unpaired) electrons. The zero-order chi connectivity index (χ0) is 9.84. The highest BCUT2D eigenvalue weighted by molar-refractivity contribution is 5.67. The Kier molecular flexibility index (Phi) is 3.69. The highest BCUT2D eigenvalue weighted by atomic mass is 16.5. The molecule has 4 nitrogen and oxygen atoms in total. The summed E-state index contributed by atoms with van der Waals surface area (Å²) in [6, 6.07) is 0.115. The van der Waals surface area contributed by atoms with Gasteiger partial charge in [0.1, 0.15) is 0 Å². The first-order valence-corrected chi connectivity index (χ1v) is 4.67. The van der Waals surface area contributed by atoms with Crippen LogP contribution in [0.5, 0.6) is 0 Å². The predicted octanol–water partition coefficient (Wildman–Crippen LogP) is 0.570. The van der Waals surface area contributed by atoms with Gasteiger partial charge in [0, 0.05) is 19.1 Å². The highest BCUT2D eigenvalue weighted by Crippen LogP contribution is 2.10. The van der Waals surface area contributed by atoms with Crippen LogP contribution in [0.2, 0.25) is 0 Å². The summed E-state index contributed by atoms with van der Waals surface area (Å²) in [5, 5.41) is 8.62. The van der Waals surface area contributed by atoms with Gasteiger partial charge in [0.05, 0.1) is 19.1 Å². The smallest absolute Gasteiger partial charge is 0.304 e. The number of hydrogen-bond acceptors (Lipinski definition) is 3. The van der Waals surface area contributed by atoms with Crippen molar-refractivity contribution in [3.05, 3.63) is 0 Å². The van der Waals surface area contributed by atoms with Crippen molar-refractivity contribution in [2.24, 2.45) is 0 Å². The maximum absolute atomic E-state index is 10.5. The lowest BCUT2D eigenvalue weighted by molar-refractivity contribution is -0.139. The first-order chi connectivity index (χ1) is 6.09. The molecule has 76 valence electrons. The van der Waals surface area contributed by atoms with Crippen molar-refractivity contribution in [3.8, 4) is 0 Å². The lowest BCUT2D eigenvalue weighted by atomic mass is 10.1. The van der Waals surface area contributed by atoms with Gasteiger partial charge in [-0.3, -0.25) is 9.69 Å². The Morgan fingerprint density at radius 1 is 1.77 bits per heavy atom. The van der Waals surface area contributed by atoms with Gasteiger partial charge in [0.2, 0.25) is 0 Å². The molecular weight excluding hydrogens is 170 g/mol. The van der Waals surface area contributed by atoms with Crippen molar-refractivity contribution >= 4 is 5.97 Å². The van der Waals surface area contributed by atoms with E-state index in [1.807, 2.05) is 13.8 Å². The number of nitrogens with zero attached hydrogens (tertiary/aromatic N) is 1. The maximum atomic E-state index is 10.5. The van der Waals surface area contributed by atoms with Gasteiger partial charge < -0.3 is 9.84 Å². The summed E-state index contributed by atoms with van der Waals surface area (Å²) in [5.41, 5.74) is 0. The van der Waals surface area contributed by atoms with E-state index in [2.05, 4.69) is 4.90 Å². The van der Waals surface area contributed by atoms with Gasteiger partial charge >= 0.3 is 5.97 Å². The fourth-order valence-corrected chi connectivity index (χ4v) is 1.63. The molecule has 1 fully saturated rings. The molecule has 13 heavy (non-hydrogen) atoms. The number of ether oxygens (including phenoxy) is 1. The van der Waals surface area contributed by atoms with E-state index in [-0.39, 0.29) is 18.6 Å². The van der Waals surface area contributed by atoms with Gasteiger partial charge in [-0.25, -0.2) is 0 Å². The van der Waals surface area contributed by atoms with E-state index in [4.69, 9.17) is 9.84 Å². The average molecular weight is 187 g/mol. The van der Waals surface area contributed by atoms with Crippen LogP contribution >= 0.6 is 0 Å². The fraction of sp³-hybridized carbons (Fsp3) is 0.889. The van der Waals surface area contributed by atoms with Crippen LogP contribution in [0.25, 0.3) is 0 Å². The Morgan fingerprint density at radius 2 is 2.46 bits per heavy atom. The third-order valence-electron chi connectivity index (χ3n) is 2.37. The molecule has 1 heterocycles. The van der Waals surface area contributed by atoms with Crippen LogP contribution in [0.1, 0.15) is 20.3 Å². The highest BCUT2D eigenvalue weighted by Gasteiger charge is 2.22. The van der Waals surface area contributed by atoms with Crippen molar-refractivity contribution in [1.82, 2.24) is 4.90 Å². The van der Waals surface area contributed by atoms with Crippen LogP contribution in [-0.4, -0.2) is 47.8 Å². The molecule has 1 aliphatic rings. The van der Waals surface area contributed by atoms with Gasteiger partial charge in [-0.15, -0.1) is 0 Å². The first-order valence-electron chi connectivity index (χ1n) is 4.67. The minimum absolute atomic E-state index is 0.115. The summed E-state index contributed by atoms with van der Waals surface area (Å²) < 4.78 is 5.37. The zero-order valence-electron chi connectivity index (χ0n) is 8.19.